The van der Waals surface area contributed by atoms with Crippen molar-refractivity contribution in [3.63, 3.8) is 0 Å². The van der Waals surface area contributed by atoms with Crippen molar-refractivity contribution in [3.05, 3.63) is 46.2 Å². The standard InChI is InChI=1S/C11H12N2OS/c1-8(14)10-7-15-11(13-10)6-9-2-4-12-5-3-9/h2-5,7-8,14H,6H2,1H3. The second-order valence-electron chi connectivity index (χ2n) is 3.37. The van der Waals surface area contributed by atoms with Gasteiger partial charge in [0.2, 0.25) is 0 Å². The minimum absolute atomic E-state index is 0.479. The molecule has 1 unspecified atom stereocenters. The fourth-order valence-electron chi connectivity index (χ4n) is 1.27. The van der Waals surface area contributed by atoms with Crippen molar-refractivity contribution in [1.29, 1.82) is 0 Å². The van der Waals surface area contributed by atoms with E-state index in [1.165, 1.54) is 5.56 Å². The molecule has 1 atom stereocenters. The Morgan fingerprint density at radius 1 is 1.40 bits per heavy atom. The summed E-state index contributed by atoms with van der Waals surface area (Å²) in [6, 6.07) is 3.95. The van der Waals surface area contributed by atoms with E-state index in [1.807, 2.05) is 17.5 Å². The number of hydrogen-bond acceptors (Lipinski definition) is 4. The number of aliphatic hydroxyl groups excluding tert-OH is 1. The molecule has 0 spiro atoms. The molecule has 15 heavy (non-hydrogen) atoms. The molecule has 1 N–H and O–H groups in total. The van der Waals surface area contributed by atoms with Crippen LogP contribution < -0.4 is 0 Å². The average molecular weight is 220 g/mol. The van der Waals surface area contributed by atoms with E-state index >= 15 is 0 Å². The number of nitrogens with zero attached hydrogens (tertiary/aromatic N) is 2. The van der Waals surface area contributed by atoms with Crippen molar-refractivity contribution in [1.82, 2.24) is 9.97 Å². The monoisotopic (exact) mass is 220 g/mol. The molecule has 4 heteroatoms. The van der Waals surface area contributed by atoms with Crippen LogP contribution in [0, 0.1) is 0 Å². The summed E-state index contributed by atoms with van der Waals surface area (Å²) in [6.45, 7) is 1.73. The summed E-state index contributed by atoms with van der Waals surface area (Å²) >= 11 is 1.58. The molecule has 2 rings (SSSR count). The maximum Gasteiger partial charge on any atom is 0.0973 e. The molecule has 0 fully saturated rings. The third kappa shape index (κ3) is 2.61. The Morgan fingerprint density at radius 3 is 2.73 bits per heavy atom. The fourth-order valence-corrected chi connectivity index (χ4v) is 2.19. The third-order valence-corrected chi connectivity index (χ3v) is 2.97. The Balaban J connectivity index is 2.12. The Morgan fingerprint density at radius 2 is 2.13 bits per heavy atom. The highest BCUT2D eigenvalue weighted by molar-refractivity contribution is 7.09. The van der Waals surface area contributed by atoms with Gasteiger partial charge in [0.25, 0.3) is 0 Å². The lowest BCUT2D eigenvalue weighted by molar-refractivity contribution is 0.195. The second-order valence-corrected chi connectivity index (χ2v) is 4.32. The van der Waals surface area contributed by atoms with Crippen molar-refractivity contribution in [3.8, 4) is 0 Å². The van der Waals surface area contributed by atoms with Crippen LogP contribution >= 0.6 is 11.3 Å². The predicted molar refractivity (Wildman–Crippen MR) is 59.8 cm³/mol. The van der Waals surface area contributed by atoms with Gasteiger partial charge in [-0.2, -0.15) is 0 Å². The van der Waals surface area contributed by atoms with E-state index in [2.05, 4.69) is 9.97 Å². The molecular weight excluding hydrogens is 208 g/mol. The van der Waals surface area contributed by atoms with Crippen molar-refractivity contribution < 1.29 is 5.11 Å². The highest BCUT2D eigenvalue weighted by Gasteiger charge is 2.06. The Labute approximate surface area is 92.5 Å². The number of pyridine rings is 1. The summed E-state index contributed by atoms with van der Waals surface area (Å²) in [5, 5.41) is 12.3. The van der Waals surface area contributed by atoms with E-state index in [1.54, 1.807) is 30.7 Å². The van der Waals surface area contributed by atoms with Crippen LogP contribution in [-0.2, 0) is 6.42 Å². The zero-order valence-electron chi connectivity index (χ0n) is 8.42. The van der Waals surface area contributed by atoms with Crippen molar-refractivity contribution in [2.75, 3.05) is 0 Å². The fraction of sp³-hybridized carbons (Fsp3) is 0.273. The van der Waals surface area contributed by atoms with Gasteiger partial charge in [-0.15, -0.1) is 11.3 Å². The number of thiazole rings is 1. The predicted octanol–water partition coefficient (Wildman–Crippen LogP) is 2.18. The molecule has 78 valence electrons. The normalized spacial score (nSPS) is 12.7. The number of rotatable bonds is 3. The molecule has 0 saturated carbocycles. The van der Waals surface area contributed by atoms with Gasteiger partial charge >= 0.3 is 0 Å². The number of aliphatic hydroxyl groups is 1. The minimum atomic E-state index is -0.479. The lowest BCUT2D eigenvalue weighted by atomic mass is 10.2. The molecule has 2 aromatic heterocycles. The molecular formula is C11H12N2OS. The molecule has 0 saturated heterocycles. The smallest absolute Gasteiger partial charge is 0.0973 e. The van der Waals surface area contributed by atoms with Gasteiger partial charge in [-0.05, 0) is 24.6 Å². The van der Waals surface area contributed by atoms with Crippen LogP contribution in [0.15, 0.2) is 29.9 Å². The first-order valence-electron chi connectivity index (χ1n) is 4.77. The molecule has 3 nitrogen and oxygen atoms in total. The quantitative estimate of drug-likeness (QED) is 0.862. The van der Waals surface area contributed by atoms with Crippen LogP contribution in [0.25, 0.3) is 0 Å². The summed E-state index contributed by atoms with van der Waals surface area (Å²) in [5.41, 5.74) is 1.94. The summed E-state index contributed by atoms with van der Waals surface area (Å²) in [6.07, 6.45) is 3.88. The first-order chi connectivity index (χ1) is 7.25. The van der Waals surface area contributed by atoms with Crippen LogP contribution in [0.4, 0.5) is 0 Å². The van der Waals surface area contributed by atoms with E-state index in [-0.39, 0.29) is 0 Å². The summed E-state index contributed by atoms with van der Waals surface area (Å²) in [7, 11) is 0. The average Bonchev–Trinajstić information content (AvgIpc) is 2.68. The van der Waals surface area contributed by atoms with E-state index in [9.17, 15) is 5.11 Å². The number of hydrogen-bond donors (Lipinski definition) is 1. The van der Waals surface area contributed by atoms with E-state index in [4.69, 9.17) is 0 Å². The first-order valence-corrected chi connectivity index (χ1v) is 5.65. The Kier molecular flexibility index (Phi) is 3.08. The molecule has 0 radical (unpaired) electrons. The first kappa shape index (κ1) is 10.3. The van der Waals surface area contributed by atoms with Crippen molar-refractivity contribution in [2.45, 2.75) is 19.4 Å². The van der Waals surface area contributed by atoms with E-state index in [0.717, 1.165) is 17.1 Å². The Bertz CT molecular complexity index is 425. The maximum absolute atomic E-state index is 9.34. The largest absolute Gasteiger partial charge is 0.387 e. The van der Waals surface area contributed by atoms with Crippen LogP contribution in [0.5, 0.6) is 0 Å². The van der Waals surface area contributed by atoms with Gasteiger partial charge < -0.3 is 5.11 Å². The topological polar surface area (TPSA) is 46.0 Å². The van der Waals surface area contributed by atoms with Crippen LogP contribution in [0.2, 0.25) is 0 Å². The van der Waals surface area contributed by atoms with E-state index in [0.29, 0.717) is 0 Å². The molecule has 0 aliphatic rings. The lowest BCUT2D eigenvalue weighted by Gasteiger charge is -1.97. The van der Waals surface area contributed by atoms with Crippen LogP contribution in [-0.4, -0.2) is 15.1 Å². The molecule has 2 aromatic rings. The van der Waals surface area contributed by atoms with Gasteiger partial charge in [-0.3, -0.25) is 4.98 Å². The Hall–Kier alpha value is -1.26. The molecule has 0 aliphatic carbocycles. The van der Waals surface area contributed by atoms with Crippen molar-refractivity contribution >= 4 is 11.3 Å². The maximum atomic E-state index is 9.34. The highest BCUT2D eigenvalue weighted by atomic mass is 32.1. The van der Waals surface area contributed by atoms with Gasteiger partial charge in [-0.25, -0.2) is 4.98 Å². The summed E-state index contributed by atoms with van der Waals surface area (Å²) in [4.78, 5) is 8.32. The second kappa shape index (κ2) is 4.51. The summed E-state index contributed by atoms with van der Waals surface area (Å²) in [5.74, 6) is 0. The highest BCUT2D eigenvalue weighted by Crippen LogP contribution is 2.18. The van der Waals surface area contributed by atoms with Gasteiger partial charge in [0.15, 0.2) is 0 Å². The summed E-state index contributed by atoms with van der Waals surface area (Å²) < 4.78 is 0. The van der Waals surface area contributed by atoms with Gasteiger partial charge in [0, 0.05) is 24.2 Å². The third-order valence-electron chi connectivity index (χ3n) is 2.10. The molecule has 0 aliphatic heterocycles. The van der Waals surface area contributed by atoms with Crippen LogP contribution in [0.3, 0.4) is 0 Å². The SMILES string of the molecule is CC(O)c1csc(Cc2ccncc2)n1. The van der Waals surface area contributed by atoms with Gasteiger partial charge in [0.05, 0.1) is 16.8 Å². The molecule has 0 aromatic carbocycles. The molecule has 2 heterocycles. The molecule has 0 bridgehead atoms. The van der Waals surface area contributed by atoms with Gasteiger partial charge in [-0.1, -0.05) is 0 Å². The number of aromatic nitrogens is 2. The van der Waals surface area contributed by atoms with Gasteiger partial charge in [0.1, 0.15) is 0 Å². The zero-order chi connectivity index (χ0) is 10.7. The zero-order valence-corrected chi connectivity index (χ0v) is 9.24. The van der Waals surface area contributed by atoms with Crippen molar-refractivity contribution in [2.24, 2.45) is 0 Å². The van der Waals surface area contributed by atoms with Crippen LogP contribution in [0.1, 0.15) is 29.3 Å². The lowest BCUT2D eigenvalue weighted by Crippen LogP contribution is -1.93. The van der Waals surface area contributed by atoms with E-state index < -0.39 is 6.10 Å². The minimum Gasteiger partial charge on any atom is -0.387 e. The molecule has 0 amide bonds.